The van der Waals surface area contributed by atoms with Gasteiger partial charge in [0.15, 0.2) is 11.6 Å². The number of nitrogens with one attached hydrogen (secondary N) is 1. The highest BCUT2D eigenvalue weighted by molar-refractivity contribution is 8.00. The van der Waals surface area contributed by atoms with Crippen LogP contribution in [0.4, 0.5) is 14.5 Å². The minimum Gasteiger partial charge on any atom is -0.506 e. The maximum atomic E-state index is 14.2. The maximum Gasteiger partial charge on any atom is 0.335 e. The minimum absolute atomic E-state index is 0.0145. The lowest BCUT2D eigenvalue weighted by Gasteiger charge is -2.12. The number of aromatic carboxylic acids is 1. The van der Waals surface area contributed by atoms with E-state index < -0.39 is 17.6 Å². The normalized spacial score (nSPS) is 10.6. The van der Waals surface area contributed by atoms with E-state index in [1.54, 1.807) is 31.2 Å². The molecule has 0 aromatic heterocycles. The second-order valence-electron chi connectivity index (χ2n) is 5.83. The fraction of sp³-hybridized carbons (Fsp3) is 0.0500. The summed E-state index contributed by atoms with van der Waals surface area (Å²) in [5.74, 6) is -3.35. The number of carbonyl (C=O) groups is 1. The molecule has 27 heavy (non-hydrogen) atoms. The number of hydrogen-bond acceptors (Lipinski definition) is 4. The number of phenols is 1. The number of phenolic OH excluding ortho intramolecular Hbond substituents is 1. The van der Waals surface area contributed by atoms with E-state index in [9.17, 15) is 18.7 Å². The molecule has 3 N–H and O–H groups in total. The molecule has 0 unspecified atom stereocenters. The van der Waals surface area contributed by atoms with E-state index in [4.69, 9.17) is 5.11 Å². The number of carboxylic acids is 1. The molecule has 0 spiro atoms. The standard InChI is InChI=1S/C20H15F2NO3S/c1-11-7-14(20(25)26)10-17(19(11)24)27-23-16-9-13(8-15(21)18(16)22)12-5-3-2-4-6-12/h2-10,23-24H,1H3,(H,25,26). The van der Waals surface area contributed by atoms with Gasteiger partial charge in [-0.1, -0.05) is 30.3 Å². The number of aryl methyl sites for hydroxylation is 1. The lowest BCUT2D eigenvalue weighted by Crippen LogP contribution is -1.99. The van der Waals surface area contributed by atoms with Crippen molar-refractivity contribution in [3.63, 3.8) is 0 Å². The van der Waals surface area contributed by atoms with E-state index in [1.807, 2.05) is 6.07 Å². The molecule has 0 radical (unpaired) electrons. The smallest absolute Gasteiger partial charge is 0.335 e. The molecule has 4 nitrogen and oxygen atoms in total. The fourth-order valence-electron chi connectivity index (χ4n) is 2.52. The van der Waals surface area contributed by atoms with Crippen molar-refractivity contribution < 1.29 is 23.8 Å². The maximum absolute atomic E-state index is 14.2. The van der Waals surface area contributed by atoms with Crippen LogP contribution in [0, 0.1) is 18.6 Å². The number of aromatic hydroxyl groups is 1. The molecule has 0 saturated heterocycles. The van der Waals surface area contributed by atoms with E-state index in [0.29, 0.717) is 11.1 Å². The third-order valence-corrected chi connectivity index (χ3v) is 4.77. The quantitative estimate of drug-likeness (QED) is 0.507. The Morgan fingerprint density at radius 2 is 1.74 bits per heavy atom. The average molecular weight is 387 g/mol. The topological polar surface area (TPSA) is 69.6 Å². The van der Waals surface area contributed by atoms with Gasteiger partial charge in [0.2, 0.25) is 0 Å². The first-order valence-electron chi connectivity index (χ1n) is 7.91. The first kappa shape index (κ1) is 18.7. The van der Waals surface area contributed by atoms with Crippen molar-refractivity contribution in [1.29, 1.82) is 0 Å². The van der Waals surface area contributed by atoms with Crippen molar-refractivity contribution in [3.8, 4) is 16.9 Å². The summed E-state index contributed by atoms with van der Waals surface area (Å²) in [5.41, 5.74) is 1.44. The van der Waals surface area contributed by atoms with Crippen LogP contribution in [-0.2, 0) is 0 Å². The zero-order chi connectivity index (χ0) is 19.6. The van der Waals surface area contributed by atoms with Crippen LogP contribution in [0.25, 0.3) is 11.1 Å². The number of rotatable bonds is 5. The predicted octanol–water partition coefficient (Wildman–Crippen LogP) is 5.46. The van der Waals surface area contributed by atoms with Gasteiger partial charge in [-0.05, 0) is 59.8 Å². The van der Waals surface area contributed by atoms with Gasteiger partial charge in [0.1, 0.15) is 5.75 Å². The molecule has 7 heteroatoms. The number of hydrogen-bond donors (Lipinski definition) is 3. The molecule has 0 amide bonds. The summed E-state index contributed by atoms with van der Waals surface area (Å²) in [5, 5.41) is 19.2. The summed E-state index contributed by atoms with van der Waals surface area (Å²) in [7, 11) is 0. The van der Waals surface area contributed by atoms with Gasteiger partial charge in [0, 0.05) is 0 Å². The zero-order valence-electron chi connectivity index (χ0n) is 14.2. The SMILES string of the molecule is Cc1cc(C(=O)O)cc(SNc2cc(-c3ccccc3)cc(F)c2F)c1O. The van der Waals surface area contributed by atoms with Crippen LogP contribution in [0.15, 0.2) is 59.5 Å². The predicted molar refractivity (Wildman–Crippen MR) is 101 cm³/mol. The Hall–Kier alpha value is -3.06. The molecule has 0 saturated carbocycles. The molecule has 0 aliphatic heterocycles. The molecular formula is C20H15F2NO3S. The largest absolute Gasteiger partial charge is 0.506 e. The molecule has 3 aromatic rings. The van der Waals surface area contributed by atoms with Gasteiger partial charge >= 0.3 is 5.97 Å². The molecule has 0 aliphatic carbocycles. The van der Waals surface area contributed by atoms with E-state index in [2.05, 4.69) is 4.72 Å². The highest BCUT2D eigenvalue weighted by atomic mass is 32.2. The summed E-state index contributed by atoms with van der Waals surface area (Å²) < 4.78 is 30.9. The van der Waals surface area contributed by atoms with Crippen molar-refractivity contribution in [2.45, 2.75) is 11.8 Å². The molecule has 0 atom stereocenters. The molecule has 0 aliphatic rings. The molecule has 0 fully saturated rings. The monoisotopic (exact) mass is 387 g/mol. The number of benzene rings is 3. The van der Waals surface area contributed by atoms with E-state index in [1.165, 1.54) is 18.2 Å². The van der Waals surface area contributed by atoms with E-state index >= 15 is 0 Å². The van der Waals surface area contributed by atoms with Gasteiger partial charge < -0.3 is 14.9 Å². The molecule has 3 rings (SSSR count). The molecule has 0 bridgehead atoms. The summed E-state index contributed by atoms with van der Waals surface area (Å²) in [4.78, 5) is 11.4. The van der Waals surface area contributed by atoms with Gasteiger partial charge in [-0.3, -0.25) is 0 Å². The number of anilines is 1. The van der Waals surface area contributed by atoms with Gasteiger partial charge in [0.05, 0.1) is 16.1 Å². The molecule has 138 valence electrons. The second kappa shape index (κ2) is 7.67. The summed E-state index contributed by atoms with van der Waals surface area (Å²) in [6.45, 7) is 1.56. The average Bonchev–Trinajstić information content (AvgIpc) is 2.66. The molecule has 0 heterocycles. The third kappa shape index (κ3) is 4.03. The Labute approximate surface area is 158 Å². The zero-order valence-corrected chi connectivity index (χ0v) is 15.0. The second-order valence-corrected chi connectivity index (χ2v) is 6.68. The van der Waals surface area contributed by atoms with Crippen LogP contribution >= 0.6 is 11.9 Å². The van der Waals surface area contributed by atoms with Gasteiger partial charge in [-0.2, -0.15) is 0 Å². The minimum atomic E-state index is -1.15. The Morgan fingerprint density at radius 3 is 2.41 bits per heavy atom. The first-order chi connectivity index (χ1) is 12.9. The van der Waals surface area contributed by atoms with Crippen LogP contribution in [0.5, 0.6) is 5.75 Å². The third-order valence-electron chi connectivity index (χ3n) is 3.92. The Morgan fingerprint density at radius 1 is 1.04 bits per heavy atom. The van der Waals surface area contributed by atoms with Crippen molar-refractivity contribution in [3.05, 3.63) is 77.4 Å². The van der Waals surface area contributed by atoms with Crippen molar-refractivity contribution in [2.24, 2.45) is 0 Å². The lowest BCUT2D eigenvalue weighted by atomic mass is 10.0. The highest BCUT2D eigenvalue weighted by Gasteiger charge is 2.15. The Kier molecular flexibility index (Phi) is 5.32. The van der Waals surface area contributed by atoms with Gasteiger partial charge in [-0.25, -0.2) is 13.6 Å². The summed E-state index contributed by atoms with van der Waals surface area (Å²) in [6, 6.07) is 14.1. The first-order valence-corrected chi connectivity index (χ1v) is 8.72. The number of carboxylic acid groups (broad SMARTS) is 1. The van der Waals surface area contributed by atoms with Crippen molar-refractivity contribution in [2.75, 3.05) is 4.72 Å². The Balaban J connectivity index is 1.93. The molecular weight excluding hydrogens is 372 g/mol. The summed E-state index contributed by atoms with van der Waals surface area (Å²) in [6.07, 6.45) is 0. The van der Waals surface area contributed by atoms with Crippen LogP contribution in [0.3, 0.4) is 0 Å². The van der Waals surface area contributed by atoms with Crippen LogP contribution in [0.1, 0.15) is 15.9 Å². The van der Waals surface area contributed by atoms with Crippen LogP contribution in [-0.4, -0.2) is 16.2 Å². The molecule has 3 aromatic carbocycles. The van der Waals surface area contributed by atoms with Gasteiger partial charge in [0.25, 0.3) is 0 Å². The fourth-order valence-corrected chi connectivity index (χ4v) is 3.33. The van der Waals surface area contributed by atoms with E-state index in [0.717, 1.165) is 23.6 Å². The van der Waals surface area contributed by atoms with Crippen molar-refractivity contribution >= 4 is 23.6 Å². The highest BCUT2D eigenvalue weighted by Crippen LogP contribution is 2.35. The van der Waals surface area contributed by atoms with Crippen molar-refractivity contribution in [1.82, 2.24) is 0 Å². The number of halogens is 2. The Bertz CT molecular complexity index is 1010. The van der Waals surface area contributed by atoms with Crippen LogP contribution in [0.2, 0.25) is 0 Å². The van der Waals surface area contributed by atoms with Gasteiger partial charge in [-0.15, -0.1) is 0 Å². The van der Waals surface area contributed by atoms with E-state index in [-0.39, 0.29) is 21.9 Å². The lowest BCUT2D eigenvalue weighted by molar-refractivity contribution is 0.0696. The summed E-state index contributed by atoms with van der Waals surface area (Å²) >= 11 is 0.803. The van der Waals surface area contributed by atoms with Crippen LogP contribution < -0.4 is 4.72 Å².